The van der Waals surface area contributed by atoms with Gasteiger partial charge in [-0.3, -0.25) is 9.35 Å². The average Bonchev–Trinajstić information content (AvgIpc) is 2.37. The maximum atomic E-state index is 11.5. The van der Waals surface area contributed by atoms with E-state index >= 15 is 0 Å². The first-order valence-corrected chi connectivity index (χ1v) is 7.06. The Morgan fingerprint density at radius 3 is 2.88 bits per heavy atom. The lowest BCUT2D eigenvalue weighted by molar-refractivity contribution is -0.122. The van der Waals surface area contributed by atoms with Crippen molar-refractivity contribution in [2.75, 3.05) is 18.8 Å². The minimum Gasteiger partial charge on any atom is -0.355 e. The molecule has 94 valence electrons. The number of carbonyl (C=O) groups is 1. The van der Waals surface area contributed by atoms with Crippen molar-refractivity contribution in [2.45, 2.75) is 31.7 Å². The molecule has 0 aliphatic carbocycles. The Hall–Kier alpha value is -0.660. The minimum absolute atomic E-state index is 0.0237. The normalized spacial score (nSPS) is 22.6. The summed E-state index contributed by atoms with van der Waals surface area (Å²) in [7, 11) is -3.89. The van der Waals surface area contributed by atoms with E-state index in [0.717, 1.165) is 19.3 Å². The molecular weight excluding hydrogens is 232 g/mol. The van der Waals surface area contributed by atoms with E-state index in [2.05, 4.69) is 10.6 Å². The summed E-state index contributed by atoms with van der Waals surface area (Å²) in [5.74, 6) is -0.293. The van der Waals surface area contributed by atoms with Crippen LogP contribution in [0.25, 0.3) is 0 Å². The van der Waals surface area contributed by atoms with Gasteiger partial charge in [0.2, 0.25) is 5.91 Å². The zero-order valence-electron chi connectivity index (χ0n) is 9.11. The fourth-order valence-corrected chi connectivity index (χ4v) is 2.17. The van der Waals surface area contributed by atoms with E-state index < -0.39 is 10.1 Å². The molecule has 0 saturated carbocycles. The van der Waals surface area contributed by atoms with Crippen LogP contribution in [0.2, 0.25) is 0 Å². The molecule has 1 fully saturated rings. The maximum absolute atomic E-state index is 11.5. The van der Waals surface area contributed by atoms with Gasteiger partial charge in [0.05, 0.1) is 11.8 Å². The third kappa shape index (κ3) is 5.43. The number of hydrogen-bond acceptors (Lipinski definition) is 4. The van der Waals surface area contributed by atoms with Crippen LogP contribution in [0.15, 0.2) is 0 Å². The zero-order valence-corrected chi connectivity index (χ0v) is 9.92. The fraction of sp³-hybridized carbons (Fsp3) is 0.889. The molecule has 0 bridgehead atoms. The summed E-state index contributed by atoms with van der Waals surface area (Å²) < 4.78 is 29.4. The summed E-state index contributed by atoms with van der Waals surface area (Å²) in [6.45, 7) is 1.12. The molecule has 6 nitrogen and oxygen atoms in total. The van der Waals surface area contributed by atoms with E-state index in [1.165, 1.54) is 0 Å². The summed E-state index contributed by atoms with van der Waals surface area (Å²) in [5, 5.41) is 5.78. The molecular formula is C9H18N2O4S. The highest BCUT2D eigenvalue weighted by Gasteiger charge is 2.19. The first-order valence-electron chi connectivity index (χ1n) is 5.45. The van der Waals surface area contributed by atoms with Crippen molar-refractivity contribution < 1.29 is 17.8 Å². The average molecular weight is 250 g/mol. The van der Waals surface area contributed by atoms with Crippen molar-refractivity contribution in [3.05, 3.63) is 0 Å². The van der Waals surface area contributed by atoms with Gasteiger partial charge in [0.25, 0.3) is 10.1 Å². The molecule has 3 N–H and O–H groups in total. The van der Waals surface area contributed by atoms with E-state index in [-0.39, 0.29) is 17.7 Å². The number of amides is 1. The summed E-state index contributed by atoms with van der Waals surface area (Å²) in [4.78, 5) is 11.5. The van der Waals surface area contributed by atoms with Gasteiger partial charge in [-0.25, -0.2) is 0 Å². The number of rotatable bonds is 5. The molecule has 0 aromatic carbocycles. The van der Waals surface area contributed by atoms with Crippen molar-refractivity contribution in [3.8, 4) is 0 Å². The highest BCUT2D eigenvalue weighted by molar-refractivity contribution is 7.85. The Morgan fingerprint density at radius 1 is 1.44 bits per heavy atom. The van der Waals surface area contributed by atoms with Crippen LogP contribution < -0.4 is 10.6 Å². The van der Waals surface area contributed by atoms with Crippen LogP contribution in [0.4, 0.5) is 0 Å². The molecule has 1 rings (SSSR count). The molecule has 1 heterocycles. The molecule has 1 unspecified atom stereocenters. The summed E-state index contributed by atoms with van der Waals surface area (Å²) >= 11 is 0. The smallest absolute Gasteiger partial charge is 0.264 e. The highest BCUT2D eigenvalue weighted by atomic mass is 32.2. The third-order valence-corrected chi connectivity index (χ3v) is 3.31. The zero-order chi connectivity index (χ0) is 12.0. The quantitative estimate of drug-likeness (QED) is 0.452. The van der Waals surface area contributed by atoms with Gasteiger partial charge in [0.1, 0.15) is 0 Å². The fourth-order valence-electron chi connectivity index (χ4n) is 1.66. The summed E-state index contributed by atoms with van der Waals surface area (Å²) in [6.07, 6.45) is 3.05. The molecule has 1 amide bonds. The molecule has 1 aliphatic rings. The van der Waals surface area contributed by atoms with Gasteiger partial charge in [0.15, 0.2) is 0 Å². The molecule has 16 heavy (non-hydrogen) atoms. The van der Waals surface area contributed by atoms with E-state index in [4.69, 9.17) is 4.55 Å². The van der Waals surface area contributed by atoms with Crippen LogP contribution in [-0.2, 0) is 14.9 Å². The predicted octanol–water partition coefficient (Wildman–Crippen LogP) is -0.477. The van der Waals surface area contributed by atoms with Gasteiger partial charge in [-0.05, 0) is 32.2 Å². The van der Waals surface area contributed by atoms with E-state index in [1.54, 1.807) is 0 Å². The van der Waals surface area contributed by atoms with Crippen molar-refractivity contribution >= 4 is 16.0 Å². The van der Waals surface area contributed by atoms with Crippen LogP contribution in [-0.4, -0.2) is 43.8 Å². The summed E-state index contributed by atoms with van der Waals surface area (Å²) in [6, 6.07) is -0.233. The molecule has 7 heteroatoms. The standard InChI is InChI=1S/C9H18N2O4S/c12-9-8(4-1-2-5-11-9)10-6-3-7-16(13,14)15/h8,10H,1-7H2,(H,11,12)(H,13,14,15). The highest BCUT2D eigenvalue weighted by Crippen LogP contribution is 2.05. The first kappa shape index (κ1) is 13.4. The van der Waals surface area contributed by atoms with Crippen LogP contribution in [0.5, 0.6) is 0 Å². The van der Waals surface area contributed by atoms with E-state index in [1.807, 2.05) is 0 Å². The van der Waals surface area contributed by atoms with Gasteiger partial charge in [0, 0.05) is 6.54 Å². The molecule has 1 aliphatic heterocycles. The van der Waals surface area contributed by atoms with Crippen molar-refractivity contribution in [3.63, 3.8) is 0 Å². The van der Waals surface area contributed by atoms with Crippen molar-refractivity contribution in [1.82, 2.24) is 10.6 Å². The Bertz CT molecular complexity index is 328. The van der Waals surface area contributed by atoms with Crippen LogP contribution in [0.1, 0.15) is 25.7 Å². The minimum atomic E-state index is -3.89. The Kier molecular flexibility index (Phi) is 5.17. The maximum Gasteiger partial charge on any atom is 0.264 e. The van der Waals surface area contributed by atoms with Gasteiger partial charge < -0.3 is 10.6 Å². The molecule has 0 spiro atoms. The SMILES string of the molecule is O=C1NCCCCC1NCCCS(=O)(=O)O. The Morgan fingerprint density at radius 2 is 2.19 bits per heavy atom. The van der Waals surface area contributed by atoms with Crippen LogP contribution >= 0.6 is 0 Å². The third-order valence-electron chi connectivity index (χ3n) is 2.51. The topological polar surface area (TPSA) is 95.5 Å². The van der Waals surface area contributed by atoms with Gasteiger partial charge >= 0.3 is 0 Å². The second-order valence-electron chi connectivity index (χ2n) is 3.93. The van der Waals surface area contributed by atoms with Gasteiger partial charge in [-0.2, -0.15) is 8.42 Å². The molecule has 0 aromatic heterocycles. The van der Waals surface area contributed by atoms with Crippen LogP contribution in [0, 0.1) is 0 Å². The molecule has 1 atom stereocenters. The second kappa shape index (κ2) is 6.17. The second-order valence-corrected chi connectivity index (χ2v) is 5.51. The Labute approximate surface area is 95.5 Å². The number of carbonyl (C=O) groups excluding carboxylic acids is 1. The van der Waals surface area contributed by atoms with E-state index in [0.29, 0.717) is 19.5 Å². The number of hydrogen-bond donors (Lipinski definition) is 3. The lowest BCUT2D eigenvalue weighted by atomic mass is 10.1. The number of nitrogens with one attached hydrogen (secondary N) is 2. The van der Waals surface area contributed by atoms with E-state index in [9.17, 15) is 13.2 Å². The molecule has 0 aromatic rings. The lowest BCUT2D eigenvalue weighted by Crippen LogP contribution is -2.43. The lowest BCUT2D eigenvalue weighted by Gasteiger charge is -2.14. The molecule has 1 saturated heterocycles. The summed E-state index contributed by atoms with van der Waals surface area (Å²) in [5.41, 5.74) is 0. The monoisotopic (exact) mass is 250 g/mol. The first-order chi connectivity index (χ1) is 7.49. The van der Waals surface area contributed by atoms with Crippen molar-refractivity contribution in [2.24, 2.45) is 0 Å². The Balaban J connectivity index is 2.23. The predicted molar refractivity (Wildman–Crippen MR) is 59.7 cm³/mol. The van der Waals surface area contributed by atoms with Crippen molar-refractivity contribution in [1.29, 1.82) is 0 Å². The largest absolute Gasteiger partial charge is 0.355 e. The molecule has 0 radical (unpaired) electrons. The van der Waals surface area contributed by atoms with Gasteiger partial charge in [-0.15, -0.1) is 0 Å². The van der Waals surface area contributed by atoms with Crippen LogP contribution in [0.3, 0.4) is 0 Å². The van der Waals surface area contributed by atoms with Gasteiger partial charge in [-0.1, -0.05) is 0 Å².